The highest BCUT2D eigenvalue weighted by atomic mass is 32.2. The Balaban J connectivity index is 2.30. The lowest BCUT2D eigenvalue weighted by atomic mass is 10.4. The topological polar surface area (TPSA) is 99.8 Å². The van der Waals surface area contributed by atoms with E-state index >= 15 is 0 Å². The summed E-state index contributed by atoms with van der Waals surface area (Å²) < 4.78 is 26.2. The molecule has 1 heterocycles. The van der Waals surface area contributed by atoms with Crippen LogP contribution >= 0.6 is 0 Å². The molecule has 0 aliphatic rings. The summed E-state index contributed by atoms with van der Waals surface area (Å²) in [7, 11) is -1.99. The molecule has 3 N–H and O–H groups in total. The summed E-state index contributed by atoms with van der Waals surface area (Å²) in [5.41, 5.74) is 0. The Morgan fingerprint density at radius 3 is 2.92 bits per heavy atom. The molecule has 0 aliphatic heterocycles. The van der Waals surface area contributed by atoms with E-state index in [0.29, 0.717) is 18.8 Å². The van der Waals surface area contributed by atoms with Crippen molar-refractivity contribution in [1.82, 2.24) is 24.6 Å². The second-order valence-corrected chi connectivity index (χ2v) is 3.99. The number of nitrogens with zero attached hydrogens (tertiary/aromatic N) is 2. The Bertz CT molecular complexity index is 332. The second-order valence-electron chi connectivity index (χ2n) is 2.28. The fraction of sp³-hybridized carbons (Fsp3) is 0.600. The fourth-order valence-corrected chi connectivity index (χ4v) is 1.24. The first kappa shape index (κ1) is 10.1. The van der Waals surface area contributed by atoms with Crippen molar-refractivity contribution >= 4 is 10.2 Å². The van der Waals surface area contributed by atoms with Crippen LogP contribution in [0.15, 0.2) is 6.33 Å². The number of aromatic nitrogens is 3. The summed E-state index contributed by atoms with van der Waals surface area (Å²) >= 11 is 0. The Labute approximate surface area is 76.1 Å². The number of hydrogen-bond donors (Lipinski definition) is 3. The van der Waals surface area contributed by atoms with Gasteiger partial charge in [0, 0.05) is 20.0 Å². The molecule has 0 unspecified atom stereocenters. The highest BCUT2D eigenvalue weighted by Gasteiger charge is 2.04. The van der Waals surface area contributed by atoms with Crippen LogP contribution in [-0.2, 0) is 16.6 Å². The zero-order valence-corrected chi connectivity index (χ0v) is 7.93. The van der Waals surface area contributed by atoms with E-state index in [9.17, 15) is 8.42 Å². The molecule has 7 nitrogen and oxygen atoms in total. The highest BCUT2D eigenvalue weighted by molar-refractivity contribution is 7.87. The number of nitrogens with one attached hydrogen (secondary N) is 3. The van der Waals surface area contributed by atoms with Gasteiger partial charge in [-0.3, -0.25) is 5.10 Å². The van der Waals surface area contributed by atoms with Gasteiger partial charge in [0.25, 0.3) is 10.2 Å². The van der Waals surface area contributed by atoms with E-state index in [1.54, 1.807) is 0 Å². The lowest BCUT2D eigenvalue weighted by Crippen LogP contribution is -2.35. The molecule has 0 radical (unpaired) electrons. The van der Waals surface area contributed by atoms with Gasteiger partial charge >= 0.3 is 0 Å². The van der Waals surface area contributed by atoms with Crippen molar-refractivity contribution < 1.29 is 8.42 Å². The van der Waals surface area contributed by atoms with Crippen molar-refractivity contribution in [3.8, 4) is 0 Å². The summed E-state index contributed by atoms with van der Waals surface area (Å²) in [5, 5.41) is 6.25. The van der Waals surface area contributed by atoms with Gasteiger partial charge in [-0.05, 0) is 0 Å². The van der Waals surface area contributed by atoms with Crippen LogP contribution in [0.2, 0.25) is 0 Å². The maximum Gasteiger partial charge on any atom is 0.276 e. The smallest absolute Gasteiger partial charge is 0.263 e. The maximum atomic E-state index is 10.9. The van der Waals surface area contributed by atoms with Crippen molar-refractivity contribution in [3.05, 3.63) is 12.2 Å². The molecule has 0 saturated heterocycles. The van der Waals surface area contributed by atoms with E-state index in [4.69, 9.17) is 0 Å². The van der Waals surface area contributed by atoms with Gasteiger partial charge in [0.05, 0.1) is 0 Å². The van der Waals surface area contributed by atoms with Crippen LogP contribution in [0.25, 0.3) is 0 Å². The molecule has 8 heteroatoms. The van der Waals surface area contributed by atoms with Crippen LogP contribution in [0, 0.1) is 0 Å². The SMILES string of the molecule is CNS(=O)(=O)NCCc1ncn[nH]1. The number of rotatable bonds is 5. The molecule has 0 saturated carbocycles. The largest absolute Gasteiger partial charge is 0.276 e. The number of hydrogen-bond acceptors (Lipinski definition) is 4. The summed E-state index contributed by atoms with van der Waals surface area (Å²) in [6, 6.07) is 0. The van der Waals surface area contributed by atoms with Crippen molar-refractivity contribution in [3.63, 3.8) is 0 Å². The molecule has 0 amide bonds. The lowest BCUT2D eigenvalue weighted by Gasteiger charge is -2.02. The first-order valence-electron chi connectivity index (χ1n) is 3.66. The van der Waals surface area contributed by atoms with Crippen molar-refractivity contribution in [2.75, 3.05) is 13.6 Å². The zero-order valence-electron chi connectivity index (χ0n) is 7.11. The van der Waals surface area contributed by atoms with Crippen LogP contribution in [0.3, 0.4) is 0 Å². The van der Waals surface area contributed by atoms with Gasteiger partial charge in [0.2, 0.25) is 0 Å². The quantitative estimate of drug-likeness (QED) is 0.539. The molecule has 0 aromatic carbocycles. The van der Waals surface area contributed by atoms with Gasteiger partial charge in [-0.2, -0.15) is 13.5 Å². The molecule has 1 rings (SSSR count). The summed E-state index contributed by atoms with van der Waals surface area (Å²) in [4.78, 5) is 3.84. The van der Waals surface area contributed by atoms with Crippen LogP contribution in [0.1, 0.15) is 5.82 Å². The molecular weight excluding hydrogens is 194 g/mol. The monoisotopic (exact) mass is 205 g/mol. The first-order valence-corrected chi connectivity index (χ1v) is 5.15. The van der Waals surface area contributed by atoms with Crippen molar-refractivity contribution in [2.24, 2.45) is 0 Å². The minimum atomic E-state index is -3.33. The molecular formula is C5H11N5O2S. The van der Waals surface area contributed by atoms with Crippen LogP contribution in [0.4, 0.5) is 0 Å². The molecule has 0 bridgehead atoms. The van der Waals surface area contributed by atoms with E-state index in [1.165, 1.54) is 13.4 Å². The van der Waals surface area contributed by atoms with Gasteiger partial charge in [0.15, 0.2) is 0 Å². The van der Waals surface area contributed by atoms with Gasteiger partial charge < -0.3 is 0 Å². The molecule has 0 aliphatic carbocycles. The minimum absolute atomic E-state index is 0.290. The Hall–Kier alpha value is -0.990. The third kappa shape index (κ3) is 3.49. The van der Waals surface area contributed by atoms with Gasteiger partial charge in [-0.15, -0.1) is 0 Å². The molecule has 74 valence electrons. The molecule has 0 spiro atoms. The first-order chi connectivity index (χ1) is 6.14. The van der Waals surface area contributed by atoms with Crippen LogP contribution < -0.4 is 9.44 Å². The summed E-state index contributed by atoms with van der Waals surface area (Å²) in [6.07, 6.45) is 1.86. The third-order valence-corrected chi connectivity index (χ3v) is 2.51. The molecule has 1 aromatic heterocycles. The standard InChI is InChI=1S/C5H11N5O2S/c1-6-13(11,12)9-3-2-5-7-4-8-10-5/h4,6,9H,2-3H2,1H3,(H,7,8,10). The van der Waals surface area contributed by atoms with E-state index in [-0.39, 0.29) is 0 Å². The second kappa shape index (κ2) is 4.30. The van der Waals surface area contributed by atoms with E-state index in [0.717, 1.165) is 0 Å². The van der Waals surface area contributed by atoms with Crippen molar-refractivity contribution in [2.45, 2.75) is 6.42 Å². The fourth-order valence-electron chi connectivity index (χ4n) is 0.727. The van der Waals surface area contributed by atoms with Crippen molar-refractivity contribution in [1.29, 1.82) is 0 Å². The summed E-state index contributed by atoms with van der Waals surface area (Å²) in [6.45, 7) is 0.290. The number of aromatic amines is 1. The van der Waals surface area contributed by atoms with Gasteiger partial charge in [0.1, 0.15) is 12.2 Å². The normalized spacial score (nSPS) is 11.8. The Morgan fingerprint density at radius 2 is 2.38 bits per heavy atom. The maximum absolute atomic E-state index is 10.9. The summed E-state index contributed by atoms with van der Waals surface area (Å²) in [5.74, 6) is 0.652. The Morgan fingerprint density at radius 1 is 1.62 bits per heavy atom. The van der Waals surface area contributed by atoms with Gasteiger partial charge in [-0.1, -0.05) is 0 Å². The Kier molecular flexibility index (Phi) is 3.34. The molecule has 0 fully saturated rings. The predicted octanol–water partition coefficient (Wildman–Crippen LogP) is -1.60. The predicted molar refractivity (Wildman–Crippen MR) is 46.1 cm³/mol. The number of H-pyrrole nitrogens is 1. The zero-order chi connectivity index (χ0) is 9.73. The van der Waals surface area contributed by atoms with E-state index in [2.05, 4.69) is 24.6 Å². The van der Waals surface area contributed by atoms with Gasteiger partial charge in [-0.25, -0.2) is 14.4 Å². The van der Waals surface area contributed by atoms with E-state index < -0.39 is 10.2 Å². The van der Waals surface area contributed by atoms with E-state index in [1.807, 2.05) is 0 Å². The average molecular weight is 205 g/mol. The third-order valence-electron chi connectivity index (χ3n) is 1.39. The molecule has 0 atom stereocenters. The average Bonchev–Trinajstić information content (AvgIpc) is 2.57. The lowest BCUT2D eigenvalue weighted by molar-refractivity contribution is 0.572. The highest BCUT2D eigenvalue weighted by Crippen LogP contribution is 1.85. The minimum Gasteiger partial charge on any atom is -0.263 e. The van der Waals surface area contributed by atoms with Crippen LogP contribution in [0.5, 0.6) is 0 Å². The molecule has 13 heavy (non-hydrogen) atoms. The van der Waals surface area contributed by atoms with Crippen LogP contribution in [-0.4, -0.2) is 37.2 Å². The molecule has 1 aromatic rings.